The standard InChI is InChI=1S/C15H20ClNO2/c1-19-14-9-12(16)7-8-13(14)15(18)17-10-11-5-3-2-4-6-11/h7-9,11H,2-6,10H2,1H3,(H,17,18). The Bertz CT molecular complexity index is 442. The number of rotatable bonds is 4. The van der Waals surface area contributed by atoms with Crippen LogP contribution in [-0.2, 0) is 0 Å². The van der Waals surface area contributed by atoms with Gasteiger partial charge in [0.25, 0.3) is 5.91 Å². The Labute approximate surface area is 119 Å². The lowest BCUT2D eigenvalue weighted by molar-refractivity contribution is 0.0940. The molecule has 1 N–H and O–H groups in total. The van der Waals surface area contributed by atoms with Gasteiger partial charge in [0.2, 0.25) is 0 Å². The van der Waals surface area contributed by atoms with Crippen molar-refractivity contribution in [1.82, 2.24) is 5.32 Å². The number of halogens is 1. The third kappa shape index (κ3) is 3.87. The Balaban J connectivity index is 1.95. The first-order valence-corrected chi connectivity index (χ1v) is 7.20. The number of amides is 1. The molecule has 19 heavy (non-hydrogen) atoms. The summed E-state index contributed by atoms with van der Waals surface area (Å²) in [5.41, 5.74) is 0.544. The molecule has 1 aliphatic rings. The minimum atomic E-state index is -0.0842. The molecule has 2 rings (SSSR count). The van der Waals surface area contributed by atoms with Gasteiger partial charge in [0.1, 0.15) is 5.75 Å². The van der Waals surface area contributed by atoms with Crippen LogP contribution in [0.4, 0.5) is 0 Å². The zero-order chi connectivity index (χ0) is 13.7. The Morgan fingerprint density at radius 2 is 2.11 bits per heavy atom. The van der Waals surface area contributed by atoms with Gasteiger partial charge in [-0.05, 0) is 37.0 Å². The molecule has 3 nitrogen and oxygen atoms in total. The van der Waals surface area contributed by atoms with Crippen LogP contribution in [0, 0.1) is 5.92 Å². The van der Waals surface area contributed by atoms with Crippen molar-refractivity contribution in [3.8, 4) is 5.75 Å². The van der Waals surface area contributed by atoms with Crippen molar-refractivity contribution in [3.05, 3.63) is 28.8 Å². The number of hydrogen-bond donors (Lipinski definition) is 1. The number of hydrogen-bond acceptors (Lipinski definition) is 2. The summed E-state index contributed by atoms with van der Waals surface area (Å²) in [6.45, 7) is 0.755. The van der Waals surface area contributed by atoms with Crippen molar-refractivity contribution >= 4 is 17.5 Å². The zero-order valence-electron chi connectivity index (χ0n) is 11.2. The summed E-state index contributed by atoms with van der Waals surface area (Å²) < 4.78 is 5.19. The Morgan fingerprint density at radius 3 is 2.79 bits per heavy atom. The monoisotopic (exact) mass is 281 g/mol. The molecule has 0 aromatic heterocycles. The number of carbonyl (C=O) groups is 1. The van der Waals surface area contributed by atoms with E-state index in [2.05, 4.69) is 5.32 Å². The molecule has 1 amide bonds. The van der Waals surface area contributed by atoms with Gasteiger partial charge in [0, 0.05) is 11.6 Å². The van der Waals surface area contributed by atoms with Gasteiger partial charge in [0.15, 0.2) is 0 Å². The third-order valence-electron chi connectivity index (χ3n) is 3.68. The first kappa shape index (κ1) is 14.2. The maximum atomic E-state index is 12.1. The average molecular weight is 282 g/mol. The summed E-state index contributed by atoms with van der Waals surface area (Å²) >= 11 is 5.89. The summed E-state index contributed by atoms with van der Waals surface area (Å²) in [7, 11) is 1.55. The van der Waals surface area contributed by atoms with Gasteiger partial charge >= 0.3 is 0 Å². The molecule has 1 fully saturated rings. The summed E-state index contributed by atoms with van der Waals surface area (Å²) in [5, 5.41) is 3.57. The molecule has 104 valence electrons. The molecule has 0 saturated heterocycles. The Morgan fingerprint density at radius 1 is 1.37 bits per heavy atom. The van der Waals surface area contributed by atoms with E-state index < -0.39 is 0 Å². The van der Waals surface area contributed by atoms with Gasteiger partial charge in [0.05, 0.1) is 12.7 Å². The quantitative estimate of drug-likeness (QED) is 0.915. The summed E-state index contributed by atoms with van der Waals surface area (Å²) in [6, 6.07) is 5.08. The summed E-state index contributed by atoms with van der Waals surface area (Å²) in [4.78, 5) is 12.1. The highest BCUT2D eigenvalue weighted by molar-refractivity contribution is 6.30. The fraction of sp³-hybridized carbons (Fsp3) is 0.533. The molecule has 0 spiro atoms. The lowest BCUT2D eigenvalue weighted by Gasteiger charge is -2.21. The SMILES string of the molecule is COc1cc(Cl)ccc1C(=O)NCC1CCCCC1. The largest absolute Gasteiger partial charge is 0.496 e. The van der Waals surface area contributed by atoms with E-state index in [9.17, 15) is 4.79 Å². The topological polar surface area (TPSA) is 38.3 Å². The molecule has 4 heteroatoms. The summed E-state index contributed by atoms with van der Waals surface area (Å²) in [6.07, 6.45) is 6.33. The number of benzene rings is 1. The van der Waals surface area contributed by atoms with Crippen LogP contribution in [0.1, 0.15) is 42.5 Å². The highest BCUT2D eigenvalue weighted by atomic mass is 35.5. The van der Waals surface area contributed by atoms with Crippen LogP contribution in [0.3, 0.4) is 0 Å². The van der Waals surface area contributed by atoms with Crippen LogP contribution >= 0.6 is 11.6 Å². The van der Waals surface area contributed by atoms with Gasteiger partial charge in [-0.25, -0.2) is 0 Å². The molecule has 1 aromatic rings. The minimum absolute atomic E-state index is 0.0842. The molecule has 0 aliphatic heterocycles. The van der Waals surface area contributed by atoms with E-state index in [1.807, 2.05) is 0 Å². The average Bonchev–Trinajstić information content (AvgIpc) is 2.45. The number of carbonyl (C=O) groups excluding carboxylic acids is 1. The van der Waals surface area contributed by atoms with E-state index >= 15 is 0 Å². The van der Waals surface area contributed by atoms with Crippen molar-refractivity contribution in [2.45, 2.75) is 32.1 Å². The summed E-state index contributed by atoms with van der Waals surface area (Å²) in [5.74, 6) is 1.06. The number of ether oxygens (including phenoxy) is 1. The predicted octanol–water partition coefficient (Wildman–Crippen LogP) is 3.66. The van der Waals surface area contributed by atoms with E-state index in [0.717, 1.165) is 6.54 Å². The molecular weight excluding hydrogens is 262 g/mol. The second kappa shape index (κ2) is 6.80. The smallest absolute Gasteiger partial charge is 0.255 e. The molecule has 0 bridgehead atoms. The van der Waals surface area contributed by atoms with Crippen LogP contribution in [0.25, 0.3) is 0 Å². The van der Waals surface area contributed by atoms with Crippen LogP contribution < -0.4 is 10.1 Å². The number of nitrogens with one attached hydrogen (secondary N) is 1. The van der Waals surface area contributed by atoms with Gasteiger partial charge in [-0.2, -0.15) is 0 Å². The van der Waals surface area contributed by atoms with Crippen LogP contribution in [0.2, 0.25) is 5.02 Å². The lowest BCUT2D eigenvalue weighted by atomic mass is 9.89. The molecule has 0 unspecified atom stereocenters. The van der Waals surface area contributed by atoms with Crippen LogP contribution in [-0.4, -0.2) is 19.6 Å². The Hall–Kier alpha value is -1.22. The van der Waals surface area contributed by atoms with E-state index in [0.29, 0.717) is 22.3 Å². The van der Waals surface area contributed by atoms with Gasteiger partial charge in [-0.3, -0.25) is 4.79 Å². The predicted molar refractivity (Wildman–Crippen MR) is 76.9 cm³/mol. The fourth-order valence-electron chi connectivity index (χ4n) is 2.58. The molecule has 1 aliphatic carbocycles. The van der Waals surface area contributed by atoms with Gasteiger partial charge in [-0.15, -0.1) is 0 Å². The van der Waals surface area contributed by atoms with Crippen molar-refractivity contribution in [3.63, 3.8) is 0 Å². The first-order valence-electron chi connectivity index (χ1n) is 6.82. The number of methoxy groups -OCH3 is 1. The fourth-order valence-corrected chi connectivity index (χ4v) is 2.74. The van der Waals surface area contributed by atoms with Crippen molar-refractivity contribution in [2.75, 3.05) is 13.7 Å². The second-order valence-electron chi connectivity index (χ2n) is 5.06. The van der Waals surface area contributed by atoms with Gasteiger partial charge in [-0.1, -0.05) is 30.9 Å². The molecule has 0 atom stereocenters. The zero-order valence-corrected chi connectivity index (χ0v) is 12.0. The van der Waals surface area contributed by atoms with Crippen LogP contribution in [0.5, 0.6) is 5.75 Å². The highest BCUT2D eigenvalue weighted by Crippen LogP contribution is 2.25. The third-order valence-corrected chi connectivity index (χ3v) is 3.92. The van der Waals surface area contributed by atoms with E-state index in [1.54, 1.807) is 25.3 Å². The molecule has 1 aromatic carbocycles. The van der Waals surface area contributed by atoms with Crippen molar-refractivity contribution < 1.29 is 9.53 Å². The normalized spacial score (nSPS) is 16.1. The van der Waals surface area contributed by atoms with Gasteiger partial charge < -0.3 is 10.1 Å². The maximum absolute atomic E-state index is 12.1. The molecular formula is C15H20ClNO2. The van der Waals surface area contributed by atoms with E-state index in [4.69, 9.17) is 16.3 Å². The lowest BCUT2D eigenvalue weighted by Crippen LogP contribution is -2.30. The molecule has 0 heterocycles. The van der Waals surface area contributed by atoms with Crippen LogP contribution in [0.15, 0.2) is 18.2 Å². The minimum Gasteiger partial charge on any atom is -0.496 e. The maximum Gasteiger partial charge on any atom is 0.255 e. The molecule has 1 saturated carbocycles. The van der Waals surface area contributed by atoms with Crippen molar-refractivity contribution in [2.24, 2.45) is 5.92 Å². The highest BCUT2D eigenvalue weighted by Gasteiger charge is 2.17. The van der Waals surface area contributed by atoms with E-state index in [1.165, 1.54) is 32.1 Å². The Kier molecular flexibility index (Phi) is 5.08. The second-order valence-corrected chi connectivity index (χ2v) is 5.50. The van der Waals surface area contributed by atoms with Crippen molar-refractivity contribution in [1.29, 1.82) is 0 Å². The molecule has 0 radical (unpaired) electrons. The van der Waals surface area contributed by atoms with E-state index in [-0.39, 0.29) is 5.91 Å². The first-order chi connectivity index (χ1) is 9.20.